The van der Waals surface area contributed by atoms with E-state index in [1.165, 1.54) is 0 Å². The van der Waals surface area contributed by atoms with E-state index in [0.717, 1.165) is 19.3 Å². The maximum Gasteiger partial charge on any atom is 0.303 e. The summed E-state index contributed by atoms with van der Waals surface area (Å²) in [5.41, 5.74) is 0. The zero-order chi connectivity index (χ0) is 8.97. The van der Waals surface area contributed by atoms with Gasteiger partial charge in [0.05, 0.1) is 0 Å². The first-order valence-electron chi connectivity index (χ1n) is 4.44. The van der Waals surface area contributed by atoms with Gasteiger partial charge in [0.25, 0.3) is 0 Å². The van der Waals surface area contributed by atoms with Gasteiger partial charge in [-0.15, -0.1) is 0 Å². The fraction of sp³-hybridized carbons (Fsp3) is 0.778. The van der Waals surface area contributed by atoms with Crippen LogP contribution in [0.3, 0.4) is 0 Å². The molecule has 0 aromatic carbocycles. The second-order valence-electron chi connectivity index (χ2n) is 3.34. The number of rotatable bonds is 3. The topological polar surface area (TPSA) is 54.4 Å². The molecule has 1 unspecified atom stereocenters. The summed E-state index contributed by atoms with van der Waals surface area (Å²) in [7, 11) is 0. The maximum atomic E-state index is 11.2. The second-order valence-corrected chi connectivity index (χ2v) is 3.34. The Hall–Kier alpha value is -0.860. The first kappa shape index (κ1) is 9.23. The molecular weight excluding hydrogens is 156 g/mol. The second kappa shape index (κ2) is 4.24. The average molecular weight is 170 g/mol. The van der Waals surface area contributed by atoms with Crippen LogP contribution in [0.1, 0.15) is 38.5 Å². The molecule has 12 heavy (non-hydrogen) atoms. The highest BCUT2D eigenvalue weighted by atomic mass is 16.4. The molecule has 0 heterocycles. The van der Waals surface area contributed by atoms with Gasteiger partial charge in [0.2, 0.25) is 0 Å². The first-order valence-corrected chi connectivity index (χ1v) is 4.44. The maximum absolute atomic E-state index is 11.2. The SMILES string of the molecule is O=C(O)CCC1CCCCC1=O. The molecule has 0 bridgehead atoms. The van der Waals surface area contributed by atoms with Crippen LogP contribution < -0.4 is 0 Å². The summed E-state index contributed by atoms with van der Waals surface area (Å²) in [4.78, 5) is 21.5. The summed E-state index contributed by atoms with van der Waals surface area (Å²) in [6.45, 7) is 0. The molecule has 1 aliphatic carbocycles. The summed E-state index contributed by atoms with van der Waals surface area (Å²) in [6, 6.07) is 0. The van der Waals surface area contributed by atoms with E-state index in [-0.39, 0.29) is 18.1 Å². The van der Waals surface area contributed by atoms with Crippen molar-refractivity contribution in [2.24, 2.45) is 5.92 Å². The fourth-order valence-corrected chi connectivity index (χ4v) is 1.66. The molecule has 3 heteroatoms. The Bertz CT molecular complexity index is 186. The molecule has 0 aliphatic heterocycles. The van der Waals surface area contributed by atoms with Crippen molar-refractivity contribution < 1.29 is 14.7 Å². The lowest BCUT2D eigenvalue weighted by atomic mass is 9.85. The molecule has 0 radical (unpaired) electrons. The van der Waals surface area contributed by atoms with Crippen LogP contribution in [-0.2, 0) is 9.59 Å². The largest absolute Gasteiger partial charge is 0.481 e. The molecule has 0 spiro atoms. The third-order valence-electron chi connectivity index (χ3n) is 2.39. The monoisotopic (exact) mass is 170 g/mol. The minimum Gasteiger partial charge on any atom is -0.481 e. The van der Waals surface area contributed by atoms with Gasteiger partial charge in [-0.2, -0.15) is 0 Å². The molecule has 1 atom stereocenters. The van der Waals surface area contributed by atoms with E-state index in [0.29, 0.717) is 12.8 Å². The van der Waals surface area contributed by atoms with Crippen molar-refractivity contribution in [2.45, 2.75) is 38.5 Å². The highest BCUT2D eigenvalue weighted by Crippen LogP contribution is 2.24. The number of hydrogen-bond donors (Lipinski definition) is 1. The Morgan fingerprint density at radius 1 is 1.50 bits per heavy atom. The molecule has 1 rings (SSSR count). The Morgan fingerprint density at radius 2 is 2.25 bits per heavy atom. The summed E-state index contributed by atoms with van der Waals surface area (Å²) >= 11 is 0. The van der Waals surface area contributed by atoms with Gasteiger partial charge in [-0.1, -0.05) is 6.42 Å². The molecule has 0 amide bonds. The number of Topliss-reactive ketones (excluding diaryl/α,β-unsaturated/α-hetero) is 1. The molecule has 0 aromatic heterocycles. The van der Waals surface area contributed by atoms with E-state index >= 15 is 0 Å². The van der Waals surface area contributed by atoms with Gasteiger partial charge < -0.3 is 5.11 Å². The Balaban J connectivity index is 2.29. The highest BCUT2D eigenvalue weighted by molar-refractivity contribution is 5.82. The fourth-order valence-electron chi connectivity index (χ4n) is 1.66. The smallest absolute Gasteiger partial charge is 0.303 e. The number of carboxylic acids is 1. The number of aliphatic carboxylic acids is 1. The van der Waals surface area contributed by atoms with Crippen molar-refractivity contribution in [3.05, 3.63) is 0 Å². The van der Waals surface area contributed by atoms with Crippen molar-refractivity contribution in [2.75, 3.05) is 0 Å². The first-order chi connectivity index (χ1) is 5.70. The minimum absolute atomic E-state index is 0.0369. The van der Waals surface area contributed by atoms with Crippen molar-refractivity contribution in [3.63, 3.8) is 0 Å². The van der Waals surface area contributed by atoms with E-state index in [4.69, 9.17) is 5.11 Å². The number of carbonyl (C=O) groups is 2. The van der Waals surface area contributed by atoms with Crippen molar-refractivity contribution in [1.82, 2.24) is 0 Å². The highest BCUT2D eigenvalue weighted by Gasteiger charge is 2.22. The molecule has 1 aliphatic rings. The van der Waals surface area contributed by atoms with E-state index in [2.05, 4.69) is 0 Å². The van der Waals surface area contributed by atoms with E-state index in [1.807, 2.05) is 0 Å². The lowest BCUT2D eigenvalue weighted by molar-refractivity contribution is -0.137. The average Bonchev–Trinajstić information content (AvgIpc) is 2.03. The molecule has 1 N–H and O–H groups in total. The zero-order valence-electron chi connectivity index (χ0n) is 7.08. The number of carbonyl (C=O) groups excluding carboxylic acids is 1. The molecular formula is C9H14O3. The van der Waals surface area contributed by atoms with Crippen LogP contribution in [0.2, 0.25) is 0 Å². The van der Waals surface area contributed by atoms with Crippen molar-refractivity contribution >= 4 is 11.8 Å². The van der Waals surface area contributed by atoms with Gasteiger partial charge in [-0.05, 0) is 19.3 Å². The van der Waals surface area contributed by atoms with E-state index < -0.39 is 5.97 Å². The van der Waals surface area contributed by atoms with Crippen LogP contribution in [-0.4, -0.2) is 16.9 Å². The number of ketones is 1. The van der Waals surface area contributed by atoms with Gasteiger partial charge in [-0.25, -0.2) is 0 Å². The molecule has 0 aromatic rings. The van der Waals surface area contributed by atoms with E-state index in [1.54, 1.807) is 0 Å². The predicted molar refractivity (Wildman–Crippen MR) is 43.8 cm³/mol. The predicted octanol–water partition coefficient (Wildman–Crippen LogP) is 1.61. The Morgan fingerprint density at radius 3 is 2.83 bits per heavy atom. The Labute approximate surface area is 71.8 Å². The van der Waals surface area contributed by atoms with Crippen molar-refractivity contribution in [1.29, 1.82) is 0 Å². The lowest BCUT2D eigenvalue weighted by Crippen LogP contribution is -2.19. The molecule has 3 nitrogen and oxygen atoms in total. The summed E-state index contributed by atoms with van der Waals surface area (Å²) in [6.07, 6.45) is 4.29. The van der Waals surface area contributed by atoms with Crippen LogP contribution in [0, 0.1) is 5.92 Å². The standard InChI is InChI=1S/C9H14O3/c10-8-4-2-1-3-7(8)5-6-9(11)12/h7H,1-6H2,(H,11,12). The van der Waals surface area contributed by atoms with Crippen LogP contribution in [0.25, 0.3) is 0 Å². The lowest BCUT2D eigenvalue weighted by Gasteiger charge is -2.19. The van der Waals surface area contributed by atoms with Gasteiger partial charge in [0.15, 0.2) is 0 Å². The van der Waals surface area contributed by atoms with Gasteiger partial charge >= 0.3 is 5.97 Å². The van der Waals surface area contributed by atoms with Gasteiger partial charge in [0.1, 0.15) is 5.78 Å². The third kappa shape index (κ3) is 2.64. The number of hydrogen-bond acceptors (Lipinski definition) is 2. The van der Waals surface area contributed by atoms with E-state index in [9.17, 15) is 9.59 Å². The van der Waals surface area contributed by atoms with Crippen LogP contribution in [0.15, 0.2) is 0 Å². The van der Waals surface area contributed by atoms with Gasteiger partial charge in [0, 0.05) is 18.8 Å². The quantitative estimate of drug-likeness (QED) is 0.700. The van der Waals surface area contributed by atoms with Gasteiger partial charge in [-0.3, -0.25) is 9.59 Å². The summed E-state index contributed by atoms with van der Waals surface area (Å²) < 4.78 is 0. The summed E-state index contributed by atoms with van der Waals surface area (Å²) in [5, 5.41) is 8.42. The van der Waals surface area contributed by atoms with Crippen LogP contribution >= 0.6 is 0 Å². The van der Waals surface area contributed by atoms with Crippen LogP contribution in [0.5, 0.6) is 0 Å². The molecule has 0 saturated heterocycles. The zero-order valence-corrected chi connectivity index (χ0v) is 7.08. The third-order valence-corrected chi connectivity index (χ3v) is 2.39. The molecule has 1 fully saturated rings. The normalized spacial score (nSPS) is 24.0. The number of carboxylic acid groups (broad SMARTS) is 1. The Kier molecular flexibility index (Phi) is 3.26. The van der Waals surface area contributed by atoms with Crippen molar-refractivity contribution in [3.8, 4) is 0 Å². The molecule has 1 saturated carbocycles. The summed E-state index contributed by atoms with van der Waals surface area (Å²) in [5.74, 6) is -0.495. The minimum atomic E-state index is -0.798. The molecule has 68 valence electrons. The van der Waals surface area contributed by atoms with Crippen LogP contribution in [0.4, 0.5) is 0 Å².